The summed E-state index contributed by atoms with van der Waals surface area (Å²) < 4.78 is 29.0. The van der Waals surface area contributed by atoms with Gasteiger partial charge < -0.3 is 15.5 Å². The Morgan fingerprint density at radius 1 is 1.20 bits per heavy atom. The van der Waals surface area contributed by atoms with Crippen LogP contribution < -0.4 is 5.32 Å². The minimum Gasteiger partial charge on any atom is -0.504 e. The number of amides is 1. The first-order valence-electron chi connectivity index (χ1n) is 8.68. The number of nitrogens with zero attached hydrogens (tertiary/aromatic N) is 2. The van der Waals surface area contributed by atoms with Crippen molar-refractivity contribution < 1.29 is 28.6 Å². The lowest BCUT2D eigenvalue weighted by Crippen LogP contribution is -2.42. The molecule has 1 aromatic heterocycles. The van der Waals surface area contributed by atoms with Gasteiger partial charge in [0.2, 0.25) is 0 Å². The lowest BCUT2D eigenvalue weighted by Gasteiger charge is -2.14. The van der Waals surface area contributed by atoms with Gasteiger partial charge in [0.15, 0.2) is 11.4 Å². The number of hydrogen-bond donors (Lipinski definition) is 3. The second kappa shape index (κ2) is 8.50. The number of aryl methyl sites for hydroxylation is 1. The lowest BCUT2D eigenvalue weighted by molar-refractivity contribution is -0.139. The normalized spacial score (nSPS) is 11.9. The van der Waals surface area contributed by atoms with Gasteiger partial charge in [0.05, 0.1) is 6.20 Å². The second-order valence-electron chi connectivity index (χ2n) is 6.57. The first-order chi connectivity index (χ1) is 14.2. The van der Waals surface area contributed by atoms with Crippen molar-refractivity contribution >= 4 is 23.5 Å². The highest BCUT2D eigenvalue weighted by Crippen LogP contribution is 2.22. The molecule has 7 nitrogen and oxygen atoms in total. The van der Waals surface area contributed by atoms with Crippen LogP contribution in [0.3, 0.4) is 0 Å². The number of nitrogens with one attached hydrogen (secondary N) is 1. The van der Waals surface area contributed by atoms with Gasteiger partial charge in [-0.3, -0.25) is 4.79 Å². The Kier molecular flexibility index (Phi) is 6.02. The summed E-state index contributed by atoms with van der Waals surface area (Å²) >= 11 is 5.81. The second-order valence-corrected chi connectivity index (χ2v) is 7.00. The molecule has 10 heteroatoms. The maximum Gasteiger partial charge on any atom is 0.326 e. The van der Waals surface area contributed by atoms with Crippen LogP contribution in [-0.2, 0) is 11.2 Å². The third-order valence-corrected chi connectivity index (χ3v) is 4.53. The summed E-state index contributed by atoms with van der Waals surface area (Å²) in [5.74, 6) is -4.33. The fraction of sp³-hybridized carbons (Fsp3) is 0.150. The molecule has 2 aromatic carbocycles. The molecule has 156 valence electrons. The number of rotatable bonds is 6. The van der Waals surface area contributed by atoms with E-state index in [1.807, 2.05) is 0 Å². The van der Waals surface area contributed by atoms with E-state index in [1.54, 1.807) is 13.0 Å². The van der Waals surface area contributed by atoms with Crippen LogP contribution >= 0.6 is 11.6 Å². The van der Waals surface area contributed by atoms with Crippen molar-refractivity contribution in [3.05, 3.63) is 76.1 Å². The highest BCUT2D eigenvalue weighted by Gasteiger charge is 2.26. The molecule has 3 N–H and O–H groups in total. The molecular formula is C20H16ClF2N3O4. The van der Waals surface area contributed by atoms with Gasteiger partial charge in [-0.25, -0.2) is 18.3 Å². The number of benzene rings is 2. The molecule has 1 amide bonds. The van der Waals surface area contributed by atoms with E-state index in [-0.39, 0.29) is 22.7 Å². The Bertz CT molecular complexity index is 1130. The first kappa shape index (κ1) is 21.3. The minimum atomic E-state index is -1.52. The van der Waals surface area contributed by atoms with E-state index in [9.17, 15) is 28.6 Å². The number of aromatic nitrogens is 2. The van der Waals surface area contributed by atoms with Crippen molar-refractivity contribution in [1.29, 1.82) is 0 Å². The standard InChI is InChI=1S/C20H16ClF2N3O4/c1-10-2-4-14(23)16(6-10)26-9-17(27)18(25-26)19(28)24-15(20(29)30)8-11-7-12(21)3-5-13(11)22/h2-7,9,15,27H,8H2,1H3,(H,24,28)(H,29,30)/t15-/m0/s1. The Morgan fingerprint density at radius 3 is 2.60 bits per heavy atom. The fourth-order valence-corrected chi connectivity index (χ4v) is 2.99. The van der Waals surface area contributed by atoms with Crippen molar-refractivity contribution in [3.8, 4) is 11.4 Å². The zero-order valence-corrected chi connectivity index (χ0v) is 16.3. The van der Waals surface area contributed by atoms with Crippen LogP contribution in [0.4, 0.5) is 8.78 Å². The average Bonchev–Trinajstić information content (AvgIpc) is 3.07. The maximum atomic E-state index is 14.1. The van der Waals surface area contributed by atoms with Crippen LogP contribution in [0.5, 0.6) is 5.75 Å². The van der Waals surface area contributed by atoms with E-state index in [0.717, 1.165) is 22.5 Å². The van der Waals surface area contributed by atoms with Crippen LogP contribution in [0.2, 0.25) is 5.02 Å². The van der Waals surface area contributed by atoms with Gasteiger partial charge in [-0.15, -0.1) is 0 Å². The molecule has 1 heterocycles. The molecule has 0 saturated heterocycles. The Morgan fingerprint density at radius 2 is 1.90 bits per heavy atom. The molecule has 0 aliphatic carbocycles. The van der Waals surface area contributed by atoms with Crippen molar-refractivity contribution in [3.63, 3.8) is 0 Å². The molecule has 0 radical (unpaired) electrons. The Balaban J connectivity index is 1.85. The van der Waals surface area contributed by atoms with Crippen molar-refractivity contribution in [2.24, 2.45) is 0 Å². The Hall–Kier alpha value is -3.46. The molecule has 30 heavy (non-hydrogen) atoms. The largest absolute Gasteiger partial charge is 0.504 e. The molecule has 1 atom stereocenters. The predicted molar refractivity (Wildman–Crippen MR) is 104 cm³/mol. The first-order valence-corrected chi connectivity index (χ1v) is 9.06. The van der Waals surface area contributed by atoms with E-state index in [0.29, 0.717) is 0 Å². The number of carbonyl (C=O) groups is 2. The van der Waals surface area contributed by atoms with Crippen LogP contribution in [0.1, 0.15) is 21.6 Å². The van der Waals surface area contributed by atoms with E-state index in [1.165, 1.54) is 24.3 Å². The summed E-state index contributed by atoms with van der Waals surface area (Å²) in [5, 5.41) is 25.7. The Labute approximate surface area is 174 Å². The predicted octanol–water partition coefficient (Wildman–Crippen LogP) is 3.24. The number of carboxylic acid groups (broad SMARTS) is 1. The molecule has 3 rings (SSSR count). The van der Waals surface area contributed by atoms with E-state index < -0.39 is 41.0 Å². The van der Waals surface area contributed by atoms with Gasteiger partial charge in [-0.1, -0.05) is 17.7 Å². The molecule has 0 bridgehead atoms. The number of aromatic hydroxyl groups is 1. The highest BCUT2D eigenvalue weighted by atomic mass is 35.5. The third kappa shape index (κ3) is 4.57. The van der Waals surface area contributed by atoms with E-state index in [4.69, 9.17) is 11.6 Å². The van der Waals surface area contributed by atoms with E-state index >= 15 is 0 Å². The molecule has 0 aliphatic rings. The number of carboxylic acids is 1. The van der Waals surface area contributed by atoms with Gasteiger partial charge in [0.1, 0.15) is 23.4 Å². The zero-order chi connectivity index (χ0) is 22.0. The summed E-state index contributed by atoms with van der Waals surface area (Å²) in [7, 11) is 0. The average molecular weight is 436 g/mol. The summed E-state index contributed by atoms with van der Waals surface area (Å²) in [6.45, 7) is 1.73. The van der Waals surface area contributed by atoms with E-state index in [2.05, 4.69) is 10.4 Å². The van der Waals surface area contributed by atoms with Gasteiger partial charge in [-0.2, -0.15) is 5.10 Å². The fourth-order valence-electron chi connectivity index (χ4n) is 2.79. The molecular weight excluding hydrogens is 420 g/mol. The van der Waals surface area contributed by atoms with Gasteiger partial charge in [0.25, 0.3) is 5.91 Å². The maximum absolute atomic E-state index is 14.1. The minimum absolute atomic E-state index is 0.000123. The van der Waals surface area contributed by atoms with Crippen molar-refractivity contribution in [2.45, 2.75) is 19.4 Å². The molecule has 0 saturated carbocycles. The molecule has 0 aliphatic heterocycles. The monoisotopic (exact) mass is 435 g/mol. The van der Waals surface area contributed by atoms with Crippen LogP contribution in [-0.4, -0.2) is 37.9 Å². The summed E-state index contributed by atoms with van der Waals surface area (Å²) in [6.07, 6.45) is 0.640. The third-order valence-electron chi connectivity index (χ3n) is 4.29. The molecule has 0 fully saturated rings. The van der Waals surface area contributed by atoms with Gasteiger partial charge in [-0.05, 0) is 48.4 Å². The summed E-state index contributed by atoms with van der Waals surface area (Å²) in [4.78, 5) is 24.0. The number of halogens is 3. The zero-order valence-electron chi connectivity index (χ0n) is 15.6. The van der Waals surface area contributed by atoms with Crippen LogP contribution in [0.25, 0.3) is 5.69 Å². The van der Waals surface area contributed by atoms with Crippen molar-refractivity contribution in [2.75, 3.05) is 0 Å². The smallest absolute Gasteiger partial charge is 0.326 e. The lowest BCUT2D eigenvalue weighted by atomic mass is 10.1. The summed E-state index contributed by atoms with van der Waals surface area (Å²) in [6, 6.07) is 6.35. The highest BCUT2D eigenvalue weighted by molar-refractivity contribution is 6.30. The van der Waals surface area contributed by atoms with Gasteiger partial charge in [0, 0.05) is 11.4 Å². The van der Waals surface area contributed by atoms with Gasteiger partial charge >= 0.3 is 5.97 Å². The molecule has 3 aromatic rings. The topological polar surface area (TPSA) is 104 Å². The van der Waals surface area contributed by atoms with Crippen molar-refractivity contribution in [1.82, 2.24) is 15.1 Å². The van der Waals surface area contributed by atoms with Crippen LogP contribution in [0, 0.1) is 18.6 Å². The SMILES string of the molecule is Cc1ccc(F)c(-n2cc(O)c(C(=O)N[C@@H](Cc3cc(Cl)ccc3F)C(=O)O)n2)c1. The van der Waals surface area contributed by atoms with Crippen LogP contribution in [0.15, 0.2) is 42.6 Å². The number of aliphatic carboxylic acids is 1. The quantitative estimate of drug-likeness (QED) is 0.551. The summed E-state index contributed by atoms with van der Waals surface area (Å²) in [5.41, 5.74) is 0.211. The molecule has 0 spiro atoms. The molecule has 0 unspecified atom stereocenters. The number of hydrogen-bond acceptors (Lipinski definition) is 4. The number of carbonyl (C=O) groups excluding carboxylic acids is 1.